The van der Waals surface area contributed by atoms with Gasteiger partial charge in [-0.2, -0.15) is 13.2 Å². The van der Waals surface area contributed by atoms with E-state index in [1.54, 1.807) is 20.8 Å². The Kier molecular flexibility index (Phi) is 5.80. The Balaban J connectivity index is 3.70. The summed E-state index contributed by atoms with van der Waals surface area (Å²) in [6.45, 7) is 4.63. The van der Waals surface area contributed by atoms with Crippen LogP contribution in [0.4, 0.5) is 30.2 Å². The van der Waals surface area contributed by atoms with Crippen LogP contribution in [0, 0.1) is 25.6 Å². The lowest BCUT2D eigenvalue weighted by molar-refractivity contribution is -0.392. The van der Waals surface area contributed by atoms with Gasteiger partial charge in [0.15, 0.2) is 5.69 Å². The lowest BCUT2D eigenvalue weighted by Crippen LogP contribution is -2.42. The number of hydrogen-bond acceptors (Lipinski definition) is 7. The topological polar surface area (TPSA) is 125 Å². The van der Waals surface area contributed by atoms with Gasteiger partial charge in [0.25, 0.3) is 11.4 Å². The molecule has 26 heavy (non-hydrogen) atoms. The molecule has 0 aliphatic carbocycles. The van der Waals surface area contributed by atoms with Gasteiger partial charge in [-0.1, -0.05) is 20.8 Å². The SMILES string of the molecule is COC(=O)[C@@H](Nc1c([N+](=O)[O-])cc(C(F)(F)F)cc1[N+](=O)[O-])C(C)(C)C. The van der Waals surface area contributed by atoms with Crippen molar-refractivity contribution in [2.24, 2.45) is 5.41 Å². The second-order valence-electron chi connectivity index (χ2n) is 6.37. The normalized spacial score (nSPS) is 13.0. The molecular weight excluding hydrogens is 363 g/mol. The van der Waals surface area contributed by atoms with Crippen molar-refractivity contribution in [3.05, 3.63) is 37.9 Å². The predicted molar refractivity (Wildman–Crippen MR) is 83.6 cm³/mol. The first-order valence-electron chi connectivity index (χ1n) is 7.08. The number of nitrogens with zero attached hydrogens (tertiary/aromatic N) is 2. The first kappa shape index (κ1) is 21.1. The van der Waals surface area contributed by atoms with E-state index in [1.807, 2.05) is 0 Å². The number of rotatable bonds is 5. The lowest BCUT2D eigenvalue weighted by atomic mass is 9.86. The quantitative estimate of drug-likeness (QED) is 0.471. The Morgan fingerprint density at radius 2 is 1.54 bits per heavy atom. The first-order chi connectivity index (χ1) is 11.7. The van der Waals surface area contributed by atoms with E-state index in [-0.39, 0.29) is 12.1 Å². The molecule has 0 saturated carbocycles. The largest absolute Gasteiger partial charge is 0.467 e. The highest BCUT2D eigenvalue weighted by Gasteiger charge is 2.40. The number of esters is 1. The second kappa shape index (κ2) is 7.14. The van der Waals surface area contributed by atoms with Crippen LogP contribution in [0.2, 0.25) is 0 Å². The molecule has 0 aliphatic rings. The van der Waals surface area contributed by atoms with Crippen LogP contribution in [-0.4, -0.2) is 29.0 Å². The van der Waals surface area contributed by atoms with Gasteiger partial charge in [0, 0.05) is 12.1 Å². The third-order valence-corrected chi connectivity index (χ3v) is 3.41. The van der Waals surface area contributed by atoms with E-state index in [0.717, 1.165) is 7.11 Å². The third kappa shape index (κ3) is 4.58. The number of alkyl halides is 3. The number of carbonyl (C=O) groups is 1. The number of nitro groups is 2. The number of halogens is 3. The van der Waals surface area contributed by atoms with Crippen molar-refractivity contribution in [2.45, 2.75) is 33.0 Å². The maximum absolute atomic E-state index is 12.9. The van der Waals surface area contributed by atoms with E-state index in [9.17, 15) is 38.2 Å². The number of carbonyl (C=O) groups excluding carboxylic acids is 1. The van der Waals surface area contributed by atoms with Crippen LogP contribution < -0.4 is 5.32 Å². The minimum Gasteiger partial charge on any atom is -0.467 e. The van der Waals surface area contributed by atoms with Gasteiger partial charge < -0.3 is 10.1 Å². The van der Waals surface area contributed by atoms with Crippen LogP contribution in [-0.2, 0) is 15.7 Å². The van der Waals surface area contributed by atoms with Crippen molar-refractivity contribution in [1.29, 1.82) is 0 Å². The fraction of sp³-hybridized carbons (Fsp3) is 0.500. The molecule has 0 bridgehead atoms. The molecular formula is C14H16F3N3O6. The molecule has 0 aromatic heterocycles. The Labute approximate surface area is 145 Å². The molecule has 0 heterocycles. The van der Waals surface area contributed by atoms with Gasteiger partial charge in [0.2, 0.25) is 0 Å². The van der Waals surface area contributed by atoms with Crippen molar-refractivity contribution >= 4 is 23.0 Å². The molecule has 0 amide bonds. The standard InChI is InChI=1S/C14H16F3N3O6/c1-13(2,3)11(12(21)26-4)18-10-8(19(22)23)5-7(14(15,16)17)6-9(10)20(24)25/h5-6,11,18H,1-4H3/t11-/m1/s1. The van der Waals surface area contributed by atoms with Gasteiger partial charge in [-0.25, -0.2) is 4.79 Å². The van der Waals surface area contributed by atoms with Crippen LogP contribution in [0.5, 0.6) is 0 Å². The number of benzene rings is 1. The molecule has 0 unspecified atom stereocenters. The second-order valence-corrected chi connectivity index (χ2v) is 6.37. The first-order valence-corrected chi connectivity index (χ1v) is 7.08. The number of hydrogen-bond donors (Lipinski definition) is 1. The maximum atomic E-state index is 12.9. The van der Waals surface area contributed by atoms with Crippen molar-refractivity contribution in [1.82, 2.24) is 0 Å². The van der Waals surface area contributed by atoms with Crippen molar-refractivity contribution in [2.75, 3.05) is 12.4 Å². The summed E-state index contributed by atoms with van der Waals surface area (Å²) in [5, 5.41) is 24.7. The summed E-state index contributed by atoms with van der Waals surface area (Å²) in [6.07, 6.45) is -5.03. The highest BCUT2D eigenvalue weighted by molar-refractivity contribution is 5.84. The fourth-order valence-corrected chi connectivity index (χ4v) is 2.10. The van der Waals surface area contributed by atoms with Crippen LogP contribution in [0.25, 0.3) is 0 Å². The number of anilines is 1. The van der Waals surface area contributed by atoms with Gasteiger partial charge in [0.1, 0.15) is 6.04 Å². The minimum absolute atomic E-state index is 0.173. The summed E-state index contributed by atoms with van der Waals surface area (Å²) in [7, 11) is 1.04. The lowest BCUT2D eigenvalue weighted by Gasteiger charge is -2.29. The molecule has 1 aromatic rings. The average molecular weight is 379 g/mol. The summed E-state index contributed by atoms with van der Waals surface area (Å²) >= 11 is 0. The molecule has 1 atom stereocenters. The summed E-state index contributed by atoms with van der Waals surface area (Å²) in [5.74, 6) is -0.888. The molecule has 0 fully saturated rings. The number of methoxy groups -OCH3 is 1. The van der Waals surface area contributed by atoms with Crippen LogP contribution >= 0.6 is 0 Å². The predicted octanol–water partition coefficient (Wildman–Crippen LogP) is 3.52. The van der Waals surface area contributed by atoms with E-state index in [0.29, 0.717) is 0 Å². The average Bonchev–Trinajstić information content (AvgIpc) is 2.48. The van der Waals surface area contributed by atoms with Crippen molar-refractivity contribution in [3.8, 4) is 0 Å². The van der Waals surface area contributed by atoms with Crippen LogP contribution in [0.15, 0.2) is 12.1 Å². The molecule has 12 heteroatoms. The molecule has 0 aliphatic heterocycles. The summed E-state index contributed by atoms with van der Waals surface area (Å²) in [4.78, 5) is 32.0. The zero-order valence-electron chi connectivity index (χ0n) is 14.2. The van der Waals surface area contributed by atoms with Crippen molar-refractivity contribution in [3.63, 3.8) is 0 Å². The van der Waals surface area contributed by atoms with Crippen molar-refractivity contribution < 1.29 is 32.5 Å². The van der Waals surface area contributed by atoms with E-state index in [4.69, 9.17) is 0 Å². The molecule has 9 nitrogen and oxygen atoms in total. The Morgan fingerprint density at radius 3 is 1.81 bits per heavy atom. The number of nitrogens with one attached hydrogen (secondary N) is 1. The van der Waals surface area contributed by atoms with Gasteiger partial charge in [-0.15, -0.1) is 0 Å². The van der Waals surface area contributed by atoms with E-state index < -0.39 is 56.1 Å². The highest BCUT2D eigenvalue weighted by atomic mass is 19.4. The zero-order chi connectivity index (χ0) is 20.4. The van der Waals surface area contributed by atoms with Crippen LogP contribution in [0.1, 0.15) is 26.3 Å². The van der Waals surface area contributed by atoms with E-state index >= 15 is 0 Å². The third-order valence-electron chi connectivity index (χ3n) is 3.41. The molecule has 144 valence electrons. The summed E-state index contributed by atoms with van der Waals surface area (Å²) < 4.78 is 43.3. The minimum atomic E-state index is -5.03. The molecule has 1 N–H and O–H groups in total. The van der Waals surface area contributed by atoms with Gasteiger partial charge in [-0.3, -0.25) is 20.2 Å². The molecule has 0 spiro atoms. The molecule has 1 aromatic carbocycles. The summed E-state index contributed by atoms with van der Waals surface area (Å²) in [6, 6.07) is -0.944. The Bertz CT molecular complexity index is 707. The van der Waals surface area contributed by atoms with Gasteiger partial charge in [-0.05, 0) is 5.41 Å². The molecule has 0 radical (unpaired) electrons. The highest BCUT2D eigenvalue weighted by Crippen LogP contribution is 2.42. The maximum Gasteiger partial charge on any atom is 0.416 e. The van der Waals surface area contributed by atoms with Crippen LogP contribution in [0.3, 0.4) is 0 Å². The van der Waals surface area contributed by atoms with E-state index in [2.05, 4.69) is 10.1 Å². The van der Waals surface area contributed by atoms with Gasteiger partial charge >= 0.3 is 12.1 Å². The Morgan fingerprint density at radius 1 is 1.12 bits per heavy atom. The van der Waals surface area contributed by atoms with Gasteiger partial charge in [0.05, 0.1) is 22.5 Å². The zero-order valence-corrected chi connectivity index (χ0v) is 14.2. The number of nitro benzene ring substituents is 2. The monoisotopic (exact) mass is 379 g/mol. The molecule has 0 saturated heterocycles. The summed E-state index contributed by atoms with van der Waals surface area (Å²) in [5.41, 5.74) is -5.63. The van der Waals surface area contributed by atoms with E-state index in [1.165, 1.54) is 0 Å². The Hall–Kier alpha value is -2.92. The number of ether oxygens (including phenoxy) is 1. The molecule has 1 rings (SSSR count). The fourth-order valence-electron chi connectivity index (χ4n) is 2.10. The smallest absolute Gasteiger partial charge is 0.416 e.